The lowest BCUT2D eigenvalue weighted by Crippen LogP contribution is -2.07. The third-order valence-electron chi connectivity index (χ3n) is 2.72. The van der Waals surface area contributed by atoms with E-state index in [1.165, 1.54) is 18.4 Å². The molecule has 0 aliphatic rings. The Kier molecular flexibility index (Phi) is 6.36. The zero-order valence-corrected chi connectivity index (χ0v) is 12.0. The molecule has 0 saturated carbocycles. The van der Waals surface area contributed by atoms with Crippen molar-refractivity contribution in [1.82, 2.24) is 0 Å². The van der Waals surface area contributed by atoms with Crippen LogP contribution in [0.25, 0.3) is 0 Å². The average molecular weight is 270 g/mol. The Morgan fingerprint density at radius 3 is 2.22 bits per heavy atom. The minimum atomic E-state index is -3.56. The number of aryl methyl sites for hydroxylation is 1. The first kappa shape index (κ1) is 15.2. The highest BCUT2D eigenvalue weighted by Gasteiger charge is 2.13. The Bertz CT molecular complexity index is 435. The van der Waals surface area contributed by atoms with Gasteiger partial charge in [-0.25, -0.2) is 0 Å². The van der Waals surface area contributed by atoms with Gasteiger partial charge in [0.1, 0.15) is 0 Å². The summed E-state index contributed by atoms with van der Waals surface area (Å²) in [6.07, 6.45) is 5.24. The van der Waals surface area contributed by atoms with E-state index in [1.807, 2.05) is 19.1 Å². The summed E-state index contributed by atoms with van der Waals surface area (Å²) in [7, 11) is -3.56. The maximum atomic E-state index is 11.7. The summed E-state index contributed by atoms with van der Waals surface area (Å²) in [6.45, 7) is 4.29. The normalized spacial score (nSPS) is 11.7. The zero-order chi connectivity index (χ0) is 13.4. The van der Waals surface area contributed by atoms with Crippen molar-refractivity contribution in [2.45, 2.75) is 50.8 Å². The maximum absolute atomic E-state index is 11.7. The molecule has 18 heavy (non-hydrogen) atoms. The van der Waals surface area contributed by atoms with Crippen LogP contribution in [0.5, 0.6) is 0 Å². The van der Waals surface area contributed by atoms with Crippen LogP contribution < -0.4 is 0 Å². The Hall–Kier alpha value is -0.870. The van der Waals surface area contributed by atoms with E-state index in [0.717, 1.165) is 12.8 Å². The molecule has 0 heterocycles. The van der Waals surface area contributed by atoms with Crippen molar-refractivity contribution in [2.75, 3.05) is 6.61 Å². The maximum Gasteiger partial charge on any atom is 0.296 e. The lowest BCUT2D eigenvalue weighted by atomic mass is 10.1. The summed E-state index contributed by atoms with van der Waals surface area (Å²) in [5.41, 5.74) is 1.18. The first-order valence-electron chi connectivity index (χ1n) is 6.58. The summed E-state index contributed by atoms with van der Waals surface area (Å²) in [5, 5.41) is 0. The highest BCUT2D eigenvalue weighted by molar-refractivity contribution is 7.86. The third kappa shape index (κ3) is 4.78. The molecule has 0 aliphatic carbocycles. The van der Waals surface area contributed by atoms with Crippen LogP contribution in [0.15, 0.2) is 29.2 Å². The van der Waals surface area contributed by atoms with Gasteiger partial charge in [-0.2, -0.15) is 8.42 Å². The highest BCUT2D eigenvalue weighted by atomic mass is 32.2. The summed E-state index contributed by atoms with van der Waals surface area (Å²) < 4.78 is 28.4. The predicted molar refractivity (Wildman–Crippen MR) is 73.1 cm³/mol. The first-order valence-corrected chi connectivity index (χ1v) is 7.99. The number of benzene rings is 1. The van der Waals surface area contributed by atoms with E-state index >= 15 is 0 Å². The quantitative estimate of drug-likeness (QED) is 0.536. The van der Waals surface area contributed by atoms with Crippen LogP contribution in [0.3, 0.4) is 0 Å². The molecular formula is C14H22O3S. The van der Waals surface area contributed by atoms with Gasteiger partial charge in [0.05, 0.1) is 11.5 Å². The average Bonchev–Trinajstić information content (AvgIpc) is 2.37. The SMILES string of the molecule is CCCCCc1ccc(S(=O)(=O)OCCC)cc1. The number of unbranched alkanes of at least 4 members (excludes halogenated alkanes) is 2. The molecule has 0 atom stereocenters. The van der Waals surface area contributed by atoms with Crippen LogP contribution in [-0.2, 0) is 20.7 Å². The molecule has 0 saturated heterocycles. The van der Waals surface area contributed by atoms with E-state index in [0.29, 0.717) is 6.42 Å². The second-order valence-electron chi connectivity index (χ2n) is 4.38. The smallest absolute Gasteiger partial charge is 0.266 e. The van der Waals surface area contributed by atoms with E-state index in [2.05, 4.69) is 6.92 Å². The molecule has 0 aromatic heterocycles. The molecule has 1 rings (SSSR count). The van der Waals surface area contributed by atoms with Gasteiger partial charge in [-0.05, 0) is 37.0 Å². The van der Waals surface area contributed by atoms with Crippen LogP contribution >= 0.6 is 0 Å². The molecule has 0 amide bonds. The van der Waals surface area contributed by atoms with Gasteiger partial charge in [0, 0.05) is 0 Å². The molecule has 0 bridgehead atoms. The van der Waals surface area contributed by atoms with Crippen molar-refractivity contribution < 1.29 is 12.6 Å². The van der Waals surface area contributed by atoms with Gasteiger partial charge >= 0.3 is 0 Å². The van der Waals surface area contributed by atoms with Crippen molar-refractivity contribution in [2.24, 2.45) is 0 Å². The zero-order valence-electron chi connectivity index (χ0n) is 11.2. The molecule has 0 radical (unpaired) electrons. The highest BCUT2D eigenvalue weighted by Crippen LogP contribution is 2.15. The van der Waals surface area contributed by atoms with E-state index in [9.17, 15) is 8.42 Å². The number of hydrogen-bond donors (Lipinski definition) is 0. The lowest BCUT2D eigenvalue weighted by Gasteiger charge is -2.06. The van der Waals surface area contributed by atoms with Crippen molar-refractivity contribution >= 4 is 10.1 Å². The van der Waals surface area contributed by atoms with Crippen molar-refractivity contribution in [1.29, 1.82) is 0 Å². The van der Waals surface area contributed by atoms with E-state index in [4.69, 9.17) is 4.18 Å². The number of hydrogen-bond acceptors (Lipinski definition) is 3. The number of rotatable bonds is 8. The van der Waals surface area contributed by atoms with Crippen molar-refractivity contribution in [3.05, 3.63) is 29.8 Å². The van der Waals surface area contributed by atoms with Gasteiger partial charge in [0.25, 0.3) is 10.1 Å². The monoisotopic (exact) mass is 270 g/mol. The summed E-state index contributed by atoms with van der Waals surface area (Å²) in [4.78, 5) is 0.246. The largest absolute Gasteiger partial charge is 0.296 e. The molecule has 0 fully saturated rings. The fourth-order valence-electron chi connectivity index (χ4n) is 1.66. The Balaban J connectivity index is 2.64. The topological polar surface area (TPSA) is 43.4 Å². The molecule has 0 unspecified atom stereocenters. The van der Waals surface area contributed by atoms with Gasteiger partial charge in [-0.15, -0.1) is 0 Å². The molecule has 3 nitrogen and oxygen atoms in total. The summed E-state index contributed by atoms with van der Waals surface area (Å²) >= 11 is 0. The van der Waals surface area contributed by atoms with Gasteiger partial charge in [0.2, 0.25) is 0 Å². The standard InChI is InChI=1S/C14H22O3S/c1-3-5-6-7-13-8-10-14(11-9-13)18(15,16)17-12-4-2/h8-11H,3-7,12H2,1-2H3. The van der Waals surface area contributed by atoms with Crippen LogP contribution in [0, 0.1) is 0 Å². The fraction of sp³-hybridized carbons (Fsp3) is 0.571. The molecule has 1 aromatic rings. The summed E-state index contributed by atoms with van der Waals surface area (Å²) in [6, 6.07) is 7.01. The van der Waals surface area contributed by atoms with Crippen LogP contribution in [0.1, 0.15) is 45.1 Å². The fourth-order valence-corrected chi connectivity index (χ4v) is 2.65. The van der Waals surface area contributed by atoms with Crippen molar-refractivity contribution in [3.8, 4) is 0 Å². The molecular weight excluding hydrogens is 248 g/mol. The molecule has 1 aromatic carbocycles. The minimum Gasteiger partial charge on any atom is -0.266 e. The second-order valence-corrected chi connectivity index (χ2v) is 5.99. The minimum absolute atomic E-state index is 0.237. The van der Waals surface area contributed by atoms with Gasteiger partial charge in [-0.1, -0.05) is 38.8 Å². The molecule has 102 valence electrons. The molecule has 0 spiro atoms. The van der Waals surface area contributed by atoms with Crippen LogP contribution in [-0.4, -0.2) is 15.0 Å². The first-order chi connectivity index (χ1) is 8.60. The van der Waals surface area contributed by atoms with E-state index in [1.54, 1.807) is 12.1 Å². The Labute approximate surface area is 110 Å². The third-order valence-corrected chi connectivity index (χ3v) is 4.05. The van der Waals surface area contributed by atoms with Gasteiger partial charge in [0.15, 0.2) is 0 Å². The van der Waals surface area contributed by atoms with Crippen LogP contribution in [0.2, 0.25) is 0 Å². The second kappa shape index (κ2) is 7.54. The molecule has 0 aliphatic heterocycles. The van der Waals surface area contributed by atoms with Crippen molar-refractivity contribution in [3.63, 3.8) is 0 Å². The van der Waals surface area contributed by atoms with Crippen LogP contribution in [0.4, 0.5) is 0 Å². The van der Waals surface area contributed by atoms with E-state index in [-0.39, 0.29) is 11.5 Å². The Morgan fingerprint density at radius 1 is 1.00 bits per heavy atom. The molecule has 4 heteroatoms. The summed E-state index contributed by atoms with van der Waals surface area (Å²) in [5.74, 6) is 0. The Morgan fingerprint density at radius 2 is 1.67 bits per heavy atom. The van der Waals surface area contributed by atoms with E-state index < -0.39 is 10.1 Å². The van der Waals surface area contributed by atoms with Gasteiger partial charge < -0.3 is 0 Å². The van der Waals surface area contributed by atoms with Gasteiger partial charge in [-0.3, -0.25) is 4.18 Å². The predicted octanol–water partition coefficient (Wildman–Crippen LogP) is 3.53. The lowest BCUT2D eigenvalue weighted by molar-refractivity contribution is 0.318. The molecule has 0 N–H and O–H groups in total.